The molecular weight excluding hydrogens is 612 g/mol. The highest BCUT2D eigenvalue weighted by molar-refractivity contribution is 6.35. The Bertz CT molecular complexity index is 1900. The van der Waals surface area contributed by atoms with Gasteiger partial charge >= 0.3 is 11.9 Å². The van der Waals surface area contributed by atoms with E-state index in [2.05, 4.69) is 20.9 Å². The van der Waals surface area contributed by atoms with Gasteiger partial charge in [-0.2, -0.15) is 0 Å². The smallest absolute Gasteiger partial charge is 0.328 e. The first kappa shape index (κ1) is 33.4. The van der Waals surface area contributed by atoms with Crippen molar-refractivity contribution >= 4 is 47.0 Å². The van der Waals surface area contributed by atoms with Crippen molar-refractivity contribution < 1.29 is 33.4 Å². The van der Waals surface area contributed by atoms with E-state index in [1.807, 2.05) is 60.7 Å². The number of anilines is 1. The second-order valence-electron chi connectivity index (χ2n) is 11.4. The molecule has 0 spiro atoms. The SMILES string of the molecule is COC(=O)[C@@H](Cc1ccccc1)NC(=O)c1ccc2c(c1)/C(=C/c1[nH]c(C)c(C(=O)N[C@H](Cc3ccccc3)C(=O)OC)c1C)C(=O)N2. The predicted molar refractivity (Wildman–Crippen MR) is 180 cm³/mol. The van der Waals surface area contributed by atoms with Gasteiger partial charge in [0.1, 0.15) is 12.1 Å². The number of ether oxygens (including phenoxy) is 2. The molecule has 0 saturated heterocycles. The molecule has 0 aliphatic carbocycles. The Kier molecular flexibility index (Phi) is 10.2. The van der Waals surface area contributed by atoms with Crippen molar-refractivity contribution in [2.45, 2.75) is 38.8 Å². The number of H-pyrrole nitrogens is 1. The van der Waals surface area contributed by atoms with Crippen LogP contribution in [0, 0.1) is 13.8 Å². The lowest BCUT2D eigenvalue weighted by Gasteiger charge is -2.17. The summed E-state index contributed by atoms with van der Waals surface area (Å²) in [5.74, 6) is -2.52. The van der Waals surface area contributed by atoms with Crippen LogP contribution in [-0.2, 0) is 36.7 Å². The normalized spacial score (nSPS) is 14.0. The number of hydrogen-bond donors (Lipinski definition) is 4. The summed E-state index contributed by atoms with van der Waals surface area (Å²) in [4.78, 5) is 68.2. The number of rotatable bonds is 11. The molecule has 48 heavy (non-hydrogen) atoms. The molecule has 0 unspecified atom stereocenters. The van der Waals surface area contributed by atoms with Crippen LogP contribution < -0.4 is 16.0 Å². The molecule has 246 valence electrons. The number of aryl methyl sites for hydroxylation is 1. The monoisotopic (exact) mass is 648 g/mol. The Morgan fingerprint density at radius 3 is 1.85 bits per heavy atom. The number of hydrogen-bond acceptors (Lipinski definition) is 7. The van der Waals surface area contributed by atoms with Gasteiger partial charge in [-0.05, 0) is 54.8 Å². The lowest BCUT2D eigenvalue weighted by molar-refractivity contribution is -0.143. The molecule has 1 aromatic heterocycles. The van der Waals surface area contributed by atoms with Crippen molar-refractivity contribution in [1.82, 2.24) is 15.6 Å². The van der Waals surface area contributed by atoms with E-state index in [1.165, 1.54) is 14.2 Å². The van der Waals surface area contributed by atoms with Crippen LogP contribution in [0.15, 0.2) is 78.9 Å². The Hall–Kier alpha value is -5.97. The summed E-state index contributed by atoms with van der Waals surface area (Å²) in [6.45, 7) is 3.47. The van der Waals surface area contributed by atoms with Crippen LogP contribution in [0.3, 0.4) is 0 Å². The maximum Gasteiger partial charge on any atom is 0.328 e. The van der Waals surface area contributed by atoms with E-state index >= 15 is 0 Å². The van der Waals surface area contributed by atoms with E-state index in [-0.39, 0.29) is 29.9 Å². The summed E-state index contributed by atoms with van der Waals surface area (Å²) in [5, 5.41) is 8.36. The molecule has 3 aromatic carbocycles. The molecule has 11 nitrogen and oxygen atoms in total. The molecule has 11 heteroatoms. The minimum absolute atomic E-state index is 0.239. The minimum atomic E-state index is -0.923. The first-order chi connectivity index (χ1) is 23.1. The second-order valence-corrected chi connectivity index (χ2v) is 11.4. The highest BCUT2D eigenvalue weighted by atomic mass is 16.5. The first-order valence-corrected chi connectivity index (χ1v) is 15.3. The maximum absolute atomic E-state index is 13.5. The topological polar surface area (TPSA) is 156 Å². The van der Waals surface area contributed by atoms with Crippen LogP contribution in [0.25, 0.3) is 11.6 Å². The number of esters is 2. The molecule has 1 aliphatic heterocycles. The number of carbonyl (C=O) groups is 5. The summed E-state index contributed by atoms with van der Waals surface area (Å²) in [6.07, 6.45) is 2.11. The quantitative estimate of drug-likeness (QED) is 0.141. The number of aromatic nitrogens is 1. The zero-order valence-electron chi connectivity index (χ0n) is 27.0. The Labute approximate surface area is 277 Å². The average molecular weight is 649 g/mol. The molecule has 4 aromatic rings. The van der Waals surface area contributed by atoms with Crippen LogP contribution in [0.5, 0.6) is 0 Å². The van der Waals surface area contributed by atoms with Crippen molar-refractivity contribution in [3.63, 3.8) is 0 Å². The number of benzene rings is 3. The molecule has 4 N–H and O–H groups in total. The molecular formula is C37H36N4O7. The van der Waals surface area contributed by atoms with Gasteiger partial charge in [-0.25, -0.2) is 9.59 Å². The van der Waals surface area contributed by atoms with E-state index in [0.29, 0.717) is 33.8 Å². The molecule has 0 radical (unpaired) electrons. The van der Waals surface area contributed by atoms with Gasteiger partial charge in [0.15, 0.2) is 0 Å². The number of amides is 3. The lowest BCUT2D eigenvalue weighted by atomic mass is 10.0. The first-order valence-electron chi connectivity index (χ1n) is 15.3. The summed E-state index contributed by atoms with van der Waals surface area (Å²) < 4.78 is 9.87. The zero-order chi connectivity index (χ0) is 34.4. The van der Waals surface area contributed by atoms with Crippen molar-refractivity contribution in [2.75, 3.05) is 19.5 Å². The van der Waals surface area contributed by atoms with E-state index in [9.17, 15) is 24.0 Å². The molecule has 2 atom stereocenters. The maximum atomic E-state index is 13.5. The van der Waals surface area contributed by atoms with Gasteiger partial charge in [0.25, 0.3) is 17.7 Å². The lowest BCUT2D eigenvalue weighted by Crippen LogP contribution is -2.43. The predicted octanol–water partition coefficient (Wildman–Crippen LogP) is 4.15. The van der Waals surface area contributed by atoms with Crippen molar-refractivity contribution in [1.29, 1.82) is 0 Å². The Morgan fingerprint density at radius 2 is 1.31 bits per heavy atom. The van der Waals surface area contributed by atoms with Crippen LogP contribution in [0.2, 0.25) is 0 Å². The molecule has 0 bridgehead atoms. The van der Waals surface area contributed by atoms with Crippen molar-refractivity contribution in [2.24, 2.45) is 0 Å². The molecule has 5 rings (SSSR count). The zero-order valence-corrected chi connectivity index (χ0v) is 27.0. The van der Waals surface area contributed by atoms with Gasteiger partial charge in [-0.1, -0.05) is 60.7 Å². The van der Waals surface area contributed by atoms with E-state index in [1.54, 1.807) is 38.1 Å². The molecule has 3 amide bonds. The number of methoxy groups -OCH3 is 2. The van der Waals surface area contributed by atoms with E-state index in [4.69, 9.17) is 9.47 Å². The minimum Gasteiger partial charge on any atom is -0.467 e. The molecule has 2 heterocycles. The van der Waals surface area contributed by atoms with Crippen LogP contribution in [-0.4, -0.2) is 60.9 Å². The number of fused-ring (bicyclic) bond motifs is 1. The molecule has 0 fully saturated rings. The van der Waals surface area contributed by atoms with Gasteiger partial charge in [-0.15, -0.1) is 0 Å². The largest absolute Gasteiger partial charge is 0.467 e. The van der Waals surface area contributed by atoms with E-state index < -0.39 is 35.8 Å². The van der Waals surface area contributed by atoms with Gasteiger partial charge in [0.05, 0.1) is 25.4 Å². The van der Waals surface area contributed by atoms with Crippen molar-refractivity contribution in [3.8, 4) is 0 Å². The fourth-order valence-electron chi connectivity index (χ4n) is 5.72. The summed E-state index contributed by atoms with van der Waals surface area (Å²) in [7, 11) is 2.53. The van der Waals surface area contributed by atoms with Crippen LogP contribution in [0.1, 0.15) is 54.4 Å². The number of carbonyl (C=O) groups excluding carboxylic acids is 5. The fourth-order valence-corrected chi connectivity index (χ4v) is 5.72. The van der Waals surface area contributed by atoms with Gasteiger partial charge in [0, 0.05) is 41.0 Å². The van der Waals surface area contributed by atoms with E-state index in [0.717, 1.165) is 11.1 Å². The Morgan fingerprint density at radius 1 is 0.771 bits per heavy atom. The van der Waals surface area contributed by atoms with Gasteiger partial charge < -0.3 is 30.4 Å². The highest BCUT2D eigenvalue weighted by Crippen LogP contribution is 2.35. The summed E-state index contributed by atoms with van der Waals surface area (Å²) >= 11 is 0. The van der Waals surface area contributed by atoms with Crippen molar-refractivity contribution in [3.05, 3.63) is 124 Å². The highest BCUT2D eigenvalue weighted by Gasteiger charge is 2.29. The number of aromatic amines is 1. The summed E-state index contributed by atoms with van der Waals surface area (Å²) in [6, 6.07) is 21.5. The third kappa shape index (κ3) is 7.36. The third-order valence-electron chi connectivity index (χ3n) is 8.20. The van der Waals surface area contributed by atoms with Crippen LogP contribution in [0.4, 0.5) is 5.69 Å². The van der Waals surface area contributed by atoms with Gasteiger partial charge in [0.2, 0.25) is 0 Å². The number of nitrogens with one attached hydrogen (secondary N) is 4. The average Bonchev–Trinajstić information content (AvgIpc) is 3.56. The summed E-state index contributed by atoms with van der Waals surface area (Å²) in [5.41, 5.74) is 5.18. The fraction of sp³-hybridized carbons (Fsp3) is 0.216. The second kappa shape index (κ2) is 14.6. The molecule has 1 aliphatic rings. The standard InChI is InChI=1S/C37H36N4O7/c1-21-29(38-22(2)32(21)35(44)41-31(37(46)48-4)18-24-13-9-6-10-14-24)20-27-26-19-25(15-16-28(26)39-34(27)43)33(42)40-30(36(45)47-3)17-23-11-7-5-8-12-23/h5-16,19-20,30-31,38H,17-18H2,1-4H3,(H,39,43)(H,40,42)(H,41,44)/b27-20-/t30-,31-/m1/s1. The van der Waals surface area contributed by atoms with Crippen LogP contribution >= 0.6 is 0 Å². The third-order valence-corrected chi connectivity index (χ3v) is 8.20. The van der Waals surface area contributed by atoms with Gasteiger partial charge in [-0.3, -0.25) is 14.4 Å². The Balaban J connectivity index is 1.38. The molecule has 0 saturated carbocycles.